The molecule has 21 heteroatoms. The molecule has 0 aliphatic heterocycles. The molecule has 0 aliphatic carbocycles. The Hall–Kier alpha value is -5.28. The molecule has 7 atom stereocenters. The molecule has 0 aromatic heterocycles. The van der Waals surface area contributed by atoms with E-state index < -0.39 is 120 Å². The van der Waals surface area contributed by atoms with Gasteiger partial charge in [0.2, 0.25) is 47.3 Å². The molecule has 0 bridgehead atoms. The molecule has 354 valence electrons. The van der Waals surface area contributed by atoms with Gasteiger partial charge in [0.05, 0.1) is 19.0 Å². The molecule has 0 aliphatic rings. The third kappa shape index (κ3) is 21.6. The summed E-state index contributed by atoms with van der Waals surface area (Å²) >= 11 is 1.44. The van der Waals surface area contributed by atoms with Crippen LogP contribution in [0.1, 0.15) is 85.6 Å². The maximum absolute atomic E-state index is 13.7. The lowest BCUT2D eigenvalue weighted by atomic mass is 9.98. The van der Waals surface area contributed by atoms with Gasteiger partial charge in [-0.05, 0) is 74.0 Å². The molecule has 8 amide bonds. The Morgan fingerprint density at radius 1 is 0.651 bits per heavy atom. The first-order chi connectivity index (χ1) is 29.6. The van der Waals surface area contributed by atoms with Crippen LogP contribution in [0.15, 0.2) is 30.3 Å². The summed E-state index contributed by atoms with van der Waals surface area (Å²) in [7, 11) is 0. The molecule has 63 heavy (non-hydrogen) atoms. The Kier molecular flexibility index (Phi) is 25.8. The van der Waals surface area contributed by atoms with E-state index in [-0.39, 0.29) is 25.2 Å². The number of carboxylic acid groups (broad SMARTS) is 1. The molecular formula is C42H70N10O10S. The highest BCUT2D eigenvalue weighted by molar-refractivity contribution is 7.98. The highest BCUT2D eigenvalue weighted by atomic mass is 32.2. The lowest BCUT2D eigenvalue weighted by molar-refractivity contribution is -0.144. The normalized spacial score (nSPS) is 14.5. The summed E-state index contributed by atoms with van der Waals surface area (Å²) in [5.41, 5.74) is 17.7. The van der Waals surface area contributed by atoms with E-state index in [1.807, 2.05) is 26.2 Å². The van der Waals surface area contributed by atoms with Gasteiger partial charge in [-0.25, -0.2) is 4.79 Å². The van der Waals surface area contributed by atoms with E-state index in [0.717, 1.165) is 5.56 Å². The number of benzene rings is 1. The van der Waals surface area contributed by atoms with Gasteiger partial charge in [0, 0.05) is 6.42 Å². The molecule has 0 radical (unpaired) electrons. The van der Waals surface area contributed by atoms with Gasteiger partial charge in [0.25, 0.3) is 0 Å². The summed E-state index contributed by atoms with van der Waals surface area (Å²) < 4.78 is 0. The maximum Gasteiger partial charge on any atom is 0.326 e. The number of hydrogen-bond acceptors (Lipinski definition) is 12. The first kappa shape index (κ1) is 55.7. The number of nitrogens with one attached hydrogen (secondary N) is 7. The van der Waals surface area contributed by atoms with Gasteiger partial charge < -0.3 is 59.5 Å². The number of nitrogens with two attached hydrogens (primary N) is 3. The number of amides is 8. The van der Waals surface area contributed by atoms with Crippen molar-refractivity contribution in [1.82, 2.24) is 37.2 Å². The van der Waals surface area contributed by atoms with E-state index in [1.165, 1.54) is 11.8 Å². The molecule has 0 spiro atoms. The number of hydrogen-bond donors (Lipinski definition) is 11. The van der Waals surface area contributed by atoms with Gasteiger partial charge >= 0.3 is 5.97 Å². The number of aliphatic carboxylic acids is 1. The molecule has 0 fully saturated rings. The molecule has 1 aromatic carbocycles. The van der Waals surface area contributed by atoms with E-state index in [1.54, 1.807) is 52.0 Å². The van der Waals surface area contributed by atoms with Crippen molar-refractivity contribution in [3.8, 4) is 0 Å². The Morgan fingerprint density at radius 2 is 1.17 bits per heavy atom. The van der Waals surface area contributed by atoms with Crippen LogP contribution >= 0.6 is 11.8 Å². The van der Waals surface area contributed by atoms with Crippen molar-refractivity contribution < 1.29 is 48.3 Å². The predicted molar refractivity (Wildman–Crippen MR) is 239 cm³/mol. The summed E-state index contributed by atoms with van der Waals surface area (Å²) in [6.45, 7) is 10.1. The summed E-state index contributed by atoms with van der Waals surface area (Å²) in [4.78, 5) is 117. The maximum atomic E-state index is 13.7. The third-order valence-electron chi connectivity index (χ3n) is 9.76. The lowest BCUT2D eigenvalue weighted by Crippen LogP contribution is -2.60. The summed E-state index contributed by atoms with van der Waals surface area (Å²) in [6.07, 6.45) is 2.90. The zero-order chi connectivity index (χ0) is 47.8. The van der Waals surface area contributed by atoms with E-state index in [2.05, 4.69) is 37.2 Å². The fourth-order valence-electron chi connectivity index (χ4n) is 6.26. The smallest absolute Gasteiger partial charge is 0.326 e. The largest absolute Gasteiger partial charge is 0.480 e. The first-order valence-corrected chi connectivity index (χ1v) is 22.6. The molecular weight excluding hydrogens is 837 g/mol. The van der Waals surface area contributed by atoms with Crippen molar-refractivity contribution in [1.29, 1.82) is 0 Å². The fourth-order valence-corrected chi connectivity index (χ4v) is 6.73. The Labute approximate surface area is 374 Å². The number of unbranched alkanes of at least 4 members (excludes halogenated alkanes) is 1. The van der Waals surface area contributed by atoms with E-state index >= 15 is 0 Å². The third-order valence-corrected chi connectivity index (χ3v) is 10.4. The van der Waals surface area contributed by atoms with Crippen molar-refractivity contribution in [2.75, 3.05) is 25.1 Å². The number of primary amides is 1. The van der Waals surface area contributed by atoms with Crippen LogP contribution < -0.4 is 54.4 Å². The highest BCUT2D eigenvalue weighted by Crippen LogP contribution is 2.11. The minimum atomic E-state index is -1.63. The van der Waals surface area contributed by atoms with Crippen LogP contribution in [-0.2, 0) is 49.6 Å². The monoisotopic (exact) mass is 906 g/mol. The lowest BCUT2D eigenvalue weighted by Gasteiger charge is -2.29. The predicted octanol–water partition coefficient (Wildman–Crippen LogP) is -1.22. The molecule has 0 saturated carbocycles. The number of carboxylic acids is 1. The van der Waals surface area contributed by atoms with Crippen LogP contribution in [0, 0.1) is 17.8 Å². The summed E-state index contributed by atoms with van der Waals surface area (Å²) in [5.74, 6) is -7.88. The highest BCUT2D eigenvalue weighted by Gasteiger charge is 2.35. The molecule has 20 nitrogen and oxygen atoms in total. The van der Waals surface area contributed by atoms with Crippen molar-refractivity contribution in [3.63, 3.8) is 0 Å². The van der Waals surface area contributed by atoms with Gasteiger partial charge in [-0.1, -0.05) is 71.9 Å². The van der Waals surface area contributed by atoms with E-state index in [9.17, 15) is 48.3 Å². The van der Waals surface area contributed by atoms with E-state index in [0.29, 0.717) is 31.6 Å². The van der Waals surface area contributed by atoms with E-state index in [4.69, 9.17) is 17.2 Å². The van der Waals surface area contributed by atoms with Crippen LogP contribution in [0.5, 0.6) is 0 Å². The van der Waals surface area contributed by atoms with Crippen LogP contribution in [0.3, 0.4) is 0 Å². The van der Waals surface area contributed by atoms with Crippen molar-refractivity contribution in [2.24, 2.45) is 35.0 Å². The SMILES string of the molecule is CSCC[C@H](NC(=O)[C@H](Cc1ccccc1)NC(=O)[C@@H](N)CC(C)C)C(=O)NCC(=O)N[C@@H](CCCCN)C(=O)N[C@H](C(=O)N[C@H](C(=O)N[C@@H](CC(N)=O)C(=O)O)C(C)C)C(C)C. The second-order valence-corrected chi connectivity index (χ2v) is 17.5. The van der Waals surface area contributed by atoms with Crippen LogP contribution in [0.25, 0.3) is 0 Å². The number of thioether (sulfide) groups is 1. The topological polar surface area (TPSA) is 336 Å². The fraction of sp³-hybridized carbons (Fsp3) is 0.643. The van der Waals surface area contributed by atoms with Gasteiger partial charge in [0.15, 0.2) is 0 Å². The Balaban J connectivity index is 3.16. The molecule has 0 heterocycles. The molecule has 0 saturated heterocycles. The average Bonchev–Trinajstić information content (AvgIpc) is 3.20. The van der Waals surface area contributed by atoms with Crippen LogP contribution in [0.2, 0.25) is 0 Å². The van der Waals surface area contributed by atoms with Crippen LogP contribution in [-0.4, -0.2) is 126 Å². The Bertz CT molecular complexity index is 1680. The molecule has 1 aromatic rings. The Morgan fingerprint density at radius 3 is 1.70 bits per heavy atom. The van der Waals surface area contributed by atoms with Gasteiger partial charge in [-0.2, -0.15) is 11.8 Å². The summed E-state index contributed by atoms with van der Waals surface area (Å²) in [5, 5.41) is 27.5. The van der Waals surface area contributed by atoms with Crippen LogP contribution in [0.4, 0.5) is 0 Å². The zero-order valence-electron chi connectivity index (χ0n) is 37.5. The minimum Gasteiger partial charge on any atom is -0.480 e. The number of rotatable bonds is 30. The van der Waals surface area contributed by atoms with Crippen molar-refractivity contribution in [2.45, 2.75) is 129 Å². The van der Waals surface area contributed by atoms with Crippen molar-refractivity contribution in [3.05, 3.63) is 35.9 Å². The summed E-state index contributed by atoms with van der Waals surface area (Å²) in [6, 6.07) is 0.707. The second kappa shape index (κ2) is 29.2. The van der Waals surface area contributed by atoms with Gasteiger partial charge in [0.1, 0.15) is 36.3 Å². The standard InChI is InChI=1S/C42H70N10O10S/c1-23(2)19-27(44)36(55)49-30(20-26-13-9-8-10-14-26)39(58)48-29(16-18-63-7)37(56)46-22-33(54)47-28(15-11-12-17-43)38(57)51-35(25(5)6)41(60)52-34(24(3)4)40(59)50-31(42(61)62)21-32(45)53/h8-10,13-14,23-25,27-31,34-35H,11-12,15-22,43-44H2,1-7H3,(H2,45,53)(H,46,56)(H,47,54)(H,48,58)(H,49,55)(H,50,59)(H,51,57)(H,52,60)(H,61,62)/t27-,28-,29-,30-,31-,34-,35-/m0/s1. The average molecular weight is 907 g/mol. The van der Waals surface area contributed by atoms with Gasteiger partial charge in [-0.3, -0.25) is 38.4 Å². The quantitative estimate of drug-likeness (QED) is 0.0404. The second-order valence-electron chi connectivity index (χ2n) is 16.5. The molecule has 1 rings (SSSR count). The number of carbonyl (C=O) groups excluding carboxylic acids is 8. The molecule has 0 unspecified atom stereocenters. The zero-order valence-corrected chi connectivity index (χ0v) is 38.3. The van der Waals surface area contributed by atoms with Gasteiger partial charge in [-0.15, -0.1) is 0 Å². The minimum absolute atomic E-state index is 0.115. The molecule has 14 N–H and O–H groups in total. The first-order valence-electron chi connectivity index (χ1n) is 21.2. The van der Waals surface area contributed by atoms with Crippen molar-refractivity contribution >= 4 is 65.0 Å². The number of carbonyl (C=O) groups is 9.